The largest absolute Gasteiger partial charge is 0.319 e. The second-order valence-electron chi connectivity index (χ2n) is 5.72. The third kappa shape index (κ3) is 4.73. The number of amides is 1. The Morgan fingerprint density at radius 2 is 1.54 bits per heavy atom. The van der Waals surface area contributed by atoms with Crippen LogP contribution < -0.4 is 10.0 Å². The van der Waals surface area contributed by atoms with E-state index in [1.807, 2.05) is 0 Å². The quantitative estimate of drug-likeness (QED) is 0.567. The molecule has 0 spiro atoms. The molecule has 0 heterocycles. The first kappa shape index (κ1) is 20.0. The van der Waals surface area contributed by atoms with Gasteiger partial charge in [-0.05, 0) is 66.7 Å². The van der Waals surface area contributed by atoms with Gasteiger partial charge in [0.15, 0.2) is 0 Å². The molecule has 0 saturated heterocycles. The lowest BCUT2D eigenvalue weighted by Crippen LogP contribution is -2.15. The van der Waals surface area contributed by atoms with Crippen molar-refractivity contribution >= 4 is 43.2 Å². The van der Waals surface area contributed by atoms with Crippen LogP contribution in [-0.4, -0.2) is 14.3 Å². The molecule has 5 nitrogen and oxygen atoms in total. The first-order chi connectivity index (χ1) is 13.2. The minimum absolute atomic E-state index is 0.134. The van der Waals surface area contributed by atoms with Gasteiger partial charge in [-0.1, -0.05) is 15.9 Å². The van der Waals surface area contributed by atoms with Crippen LogP contribution in [0, 0.1) is 11.6 Å². The molecule has 0 unspecified atom stereocenters. The summed E-state index contributed by atoms with van der Waals surface area (Å²) in [6, 6.07) is 14.3. The van der Waals surface area contributed by atoms with Crippen molar-refractivity contribution in [3.05, 3.63) is 88.4 Å². The average molecular weight is 467 g/mol. The molecular formula is C19H13BrF2N2O3S. The maximum Gasteiger partial charge on any atom is 0.261 e. The zero-order valence-electron chi connectivity index (χ0n) is 14.1. The molecule has 1 amide bonds. The number of nitrogens with one attached hydrogen (secondary N) is 2. The van der Waals surface area contributed by atoms with Crippen LogP contribution in [0.15, 0.2) is 76.1 Å². The van der Waals surface area contributed by atoms with Gasteiger partial charge < -0.3 is 5.32 Å². The summed E-state index contributed by atoms with van der Waals surface area (Å²) in [5.41, 5.74) is 0.253. The minimum atomic E-state index is -4.01. The highest BCUT2D eigenvalue weighted by molar-refractivity contribution is 9.10. The number of sulfonamides is 1. The first-order valence-corrected chi connectivity index (χ1v) is 10.2. The van der Waals surface area contributed by atoms with E-state index >= 15 is 0 Å². The highest BCUT2D eigenvalue weighted by Gasteiger charge is 2.18. The predicted octanol–water partition coefficient (Wildman–Crippen LogP) is 4.78. The van der Waals surface area contributed by atoms with Gasteiger partial charge in [0.1, 0.15) is 11.6 Å². The molecule has 3 aromatic rings. The number of carbonyl (C=O) groups is 1. The first-order valence-electron chi connectivity index (χ1n) is 7.89. The highest BCUT2D eigenvalue weighted by Crippen LogP contribution is 2.23. The SMILES string of the molecule is O=C(Nc1ccc(S(=O)(=O)Nc2ccc(Br)cc2)cc1F)c1ccc(F)cc1. The minimum Gasteiger partial charge on any atom is -0.319 e. The van der Waals surface area contributed by atoms with E-state index in [2.05, 4.69) is 26.0 Å². The second-order valence-corrected chi connectivity index (χ2v) is 8.31. The molecule has 3 rings (SSSR count). The fraction of sp³-hybridized carbons (Fsp3) is 0. The molecule has 0 fully saturated rings. The van der Waals surface area contributed by atoms with Gasteiger partial charge in [0.25, 0.3) is 15.9 Å². The lowest BCUT2D eigenvalue weighted by molar-refractivity contribution is 0.102. The third-order valence-corrected chi connectivity index (χ3v) is 5.61. The fourth-order valence-corrected chi connectivity index (χ4v) is 3.63. The molecular weight excluding hydrogens is 454 g/mol. The van der Waals surface area contributed by atoms with Crippen molar-refractivity contribution in [2.24, 2.45) is 0 Å². The van der Waals surface area contributed by atoms with Crippen molar-refractivity contribution in [2.45, 2.75) is 4.90 Å². The summed E-state index contributed by atoms with van der Waals surface area (Å²) >= 11 is 3.25. The molecule has 0 atom stereocenters. The molecule has 9 heteroatoms. The van der Waals surface area contributed by atoms with Crippen molar-refractivity contribution in [1.29, 1.82) is 0 Å². The average Bonchev–Trinajstić information content (AvgIpc) is 2.65. The van der Waals surface area contributed by atoms with Gasteiger partial charge >= 0.3 is 0 Å². The Morgan fingerprint density at radius 3 is 2.14 bits per heavy atom. The smallest absolute Gasteiger partial charge is 0.261 e. The van der Waals surface area contributed by atoms with Gasteiger partial charge in [-0.2, -0.15) is 0 Å². The van der Waals surface area contributed by atoms with Crippen molar-refractivity contribution in [3.8, 4) is 0 Å². The number of benzene rings is 3. The topological polar surface area (TPSA) is 75.3 Å². The molecule has 0 aliphatic rings. The molecule has 144 valence electrons. The summed E-state index contributed by atoms with van der Waals surface area (Å²) in [5, 5.41) is 2.32. The van der Waals surface area contributed by atoms with Gasteiger partial charge in [0.05, 0.1) is 10.6 Å². The molecule has 0 bridgehead atoms. The maximum atomic E-state index is 14.3. The molecule has 0 aliphatic heterocycles. The number of anilines is 2. The van der Waals surface area contributed by atoms with E-state index in [4.69, 9.17) is 0 Å². The molecule has 28 heavy (non-hydrogen) atoms. The Kier molecular flexibility index (Phi) is 5.76. The van der Waals surface area contributed by atoms with Gasteiger partial charge in [0, 0.05) is 15.7 Å². The van der Waals surface area contributed by atoms with Crippen LogP contribution in [0.4, 0.5) is 20.2 Å². The van der Waals surface area contributed by atoms with E-state index in [0.717, 1.165) is 28.7 Å². The summed E-state index contributed by atoms with van der Waals surface area (Å²) in [6.45, 7) is 0. The molecule has 0 radical (unpaired) electrons. The molecule has 0 aliphatic carbocycles. The Labute approximate surface area is 168 Å². The van der Waals surface area contributed by atoms with Crippen LogP contribution in [0.25, 0.3) is 0 Å². The normalized spacial score (nSPS) is 11.1. The number of hydrogen-bond donors (Lipinski definition) is 2. The van der Waals surface area contributed by atoms with Gasteiger partial charge in [0.2, 0.25) is 0 Å². The van der Waals surface area contributed by atoms with Crippen LogP contribution in [0.1, 0.15) is 10.4 Å². The summed E-state index contributed by atoms with van der Waals surface area (Å²) in [5.74, 6) is -2.08. The molecule has 2 N–H and O–H groups in total. The lowest BCUT2D eigenvalue weighted by Gasteiger charge is -2.11. The van der Waals surface area contributed by atoms with Gasteiger partial charge in [-0.15, -0.1) is 0 Å². The van der Waals surface area contributed by atoms with Crippen molar-refractivity contribution < 1.29 is 22.0 Å². The Bertz CT molecular complexity index is 1120. The van der Waals surface area contributed by atoms with E-state index in [-0.39, 0.29) is 16.1 Å². The van der Waals surface area contributed by atoms with Crippen LogP contribution in [-0.2, 0) is 10.0 Å². The fourth-order valence-electron chi connectivity index (χ4n) is 2.29. The highest BCUT2D eigenvalue weighted by atomic mass is 79.9. The molecule has 0 aromatic heterocycles. The molecule has 0 saturated carbocycles. The Balaban J connectivity index is 1.78. The van der Waals surface area contributed by atoms with Crippen molar-refractivity contribution in [1.82, 2.24) is 0 Å². The number of halogens is 3. The van der Waals surface area contributed by atoms with E-state index in [9.17, 15) is 22.0 Å². The van der Waals surface area contributed by atoms with E-state index in [0.29, 0.717) is 5.69 Å². The van der Waals surface area contributed by atoms with Crippen LogP contribution >= 0.6 is 15.9 Å². The van der Waals surface area contributed by atoms with Gasteiger partial charge in [-0.25, -0.2) is 17.2 Å². The van der Waals surface area contributed by atoms with Crippen LogP contribution in [0.2, 0.25) is 0 Å². The molecule has 3 aromatic carbocycles. The van der Waals surface area contributed by atoms with Crippen LogP contribution in [0.5, 0.6) is 0 Å². The van der Waals surface area contributed by atoms with Crippen molar-refractivity contribution in [2.75, 3.05) is 10.0 Å². The van der Waals surface area contributed by atoms with Gasteiger partial charge in [-0.3, -0.25) is 9.52 Å². The lowest BCUT2D eigenvalue weighted by atomic mass is 10.2. The Morgan fingerprint density at radius 1 is 0.893 bits per heavy atom. The van der Waals surface area contributed by atoms with Crippen molar-refractivity contribution in [3.63, 3.8) is 0 Å². The number of rotatable bonds is 5. The zero-order chi connectivity index (χ0) is 20.3. The standard InChI is InChI=1S/C19H13BrF2N2O3S/c20-13-3-7-15(8-4-13)24-28(26,27)16-9-10-18(17(22)11-16)23-19(25)12-1-5-14(21)6-2-12/h1-11,24H,(H,23,25). The number of hydrogen-bond acceptors (Lipinski definition) is 3. The Hall–Kier alpha value is -2.78. The monoisotopic (exact) mass is 466 g/mol. The van der Waals surface area contributed by atoms with E-state index in [1.165, 1.54) is 18.2 Å². The van der Waals surface area contributed by atoms with E-state index < -0.39 is 27.6 Å². The predicted molar refractivity (Wildman–Crippen MR) is 106 cm³/mol. The van der Waals surface area contributed by atoms with Crippen LogP contribution in [0.3, 0.4) is 0 Å². The summed E-state index contributed by atoms with van der Waals surface area (Å²) in [6.07, 6.45) is 0. The summed E-state index contributed by atoms with van der Waals surface area (Å²) in [4.78, 5) is 11.8. The maximum absolute atomic E-state index is 14.3. The second kappa shape index (κ2) is 8.07. The third-order valence-electron chi connectivity index (χ3n) is 3.70. The number of carbonyl (C=O) groups excluding carboxylic acids is 1. The summed E-state index contributed by atoms with van der Waals surface area (Å²) in [7, 11) is -4.01. The summed E-state index contributed by atoms with van der Waals surface area (Å²) < 4.78 is 55.2. The zero-order valence-corrected chi connectivity index (χ0v) is 16.5. The van der Waals surface area contributed by atoms with E-state index in [1.54, 1.807) is 24.3 Å².